The average molecular weight is 443 g/mol. The van der Waals surface area contributed by atoms with Crippen LogP contribution in [0.1, 0.15) is 6.42 Å². The van der Waals surface area contributed by atoms with Crippen molar-refractivity contribution in [2.45, 2.75) is 11.6 Å². The number of carbonyl (C=O) groups excluding carboxylic acids is 1. The maximum atomic E-state index is 12.1. The predicted molar refractivity (Wildman–Crippen MR) is 111 cm³/mol. The van der Waals surface area contributed by atoms with Gasteiger partial charge < -0.3 is 11.2 Å². The van der Waals surface area contributed by atoms with E-state index in [1.807, 2.05) is 12.1 Å². The second-order valence-electron chi connectivity index (χ2n) is 5.43. The molecule has 2 aromatic carbocycles. The molecule has 0 bridgehead atoms. The van der Waals surface area contributed by atoms with E-state index in [0.717, 1.165) is 5.56 Å². The van der Waals surface area contributed by atoms with Gasteiger partial charge in [0.15, 0.2) is 5.82 Å². The molecule has 0 spiro atoms. The van der Waals surface area contributed by atoms with Crippen molar-refractivity contribution in [2.75, 3.05) is 16.9 Å². The van der Waals surface area contributed by atoms with Crippen molar-refractivity contribution in [3.8, 4) is 11.4 Å². The van der Waals surface area contributed by atoms with Crippen LogP contribution in [0.15, 0.2) is 47.6 Å². The van der Waals surface area contributed by atoms with Gasteiger partial charge in [-0.05, 0) is 36.4 Å². The number of anilines is 1. The number of nitrogens with one attached hydrogen (secondary N) is 1. The number of benzene rings is 2. The number of rotatable bonds is 6. The third kappa shape index (κ3) is 4.87. The summed E-state index contributed by atoms with van der Waals surface area (Å²) in [6, 6.07) is 12.2. The van der Waals surface area contributed by atoms with Gasteiger partial charge in [0.1, 0.15) is 0 Å². The summed E-state index contributed by atoms with van der Waals surface area (Å²) in [6.45, 7) is 0. The molecule has 0 fully saturated rings. The molecule has 27 heavy (non-hydrogen) atoms. The smallest absolute Gasteiger partial charge is 0.225 e. The maximum absolute atomic E-state index is 12.1. The third-order valence-corrected chi connectivity index (χ3v) is 5.38. The van der Waals surface area contributed by atoms with E-state index in [1.54, 1.807) is 30.3 Å². The highest BCUT2D eigenvalue weighted by molar-refractivity contribution is 7.99. The monoisotopic (exact) mass is 441 g/mol. The van der Waals surface area contributed by atoms with Crippen molar-refractivity contribution in [1.82, 2.24) is 14.9 Å². The van der Waals surface area contributed by atoms with Crippen LogP contribution >= 0.6 is 46.6 Å². The Morgan fingerprint density at radius 3 is 2.41 bits per heavy atom. The predicted octanol–water partition coefficient (Wildman–Crippen LogP) is 4.74. The molecule has 0 unspecified atom stereocenters. The molecule has 0 radical (unpaired) electrons. The standard InChI is InChI=1S/C17H14Cl3N5OS/c18-11-6-4-10(5-7-11)16-23-24-17(25(16)21)27-9-8-14(26)22-15-12(19)2-1-3-13(15)20/h1-7H,8-9,21H2,(H,22,26). The molecule has 0 saturated carbocycles. The van der Waals surface area contributed by atoms with Crippen LogP contribution in [0.3, 0.4) is 0 Å². The van der Waals surface area contributed by atoms with Crippen LogP contribution in [-0.2, 0) is 4.79 Å². The molecule has 0 aliphatic heterocycles. The highest BCUT2D eigenvalue weighted by Crippen LogP contribution is 2.30. The Balaban J connectivity index is 1.58. The molecule has 0 atom stereocenters. The normalized spacial score (nSPS) is 10.8. The van der Waals surface area contributed by atoms with Gasteiger partial charge in [-0.3, -0.25) is 4.79 Å². The van der Waals surface area contributed by atoms with Crippen LogP contribution in [-0.4, -0.2) is 26.5 Å². The van der Waals surface area contributed by atoms with Crippen LogP contribution in [0.5, 0.6) is 0 Å². The molecule has 10 heteroatoms. The lowest BCUT2D eigenvalue weighted by molar-refractivity contribution is -0.115. The molecule has 1 aromatic heterocycles. The van der Waals surface area contributed by atoms with Gasteiger partial charge in [-0.1, -0.05) is 52.6 Å². The lowest BCUT2D eigenvalue weighted by atomic mass is 10.2. The van der Waals surface area contributed by atoms with Crippen LogP contribution in [0.2, 0.25) is 15.1 Å². The van der Waals surface area contributed by atoms with E-state index in [4.69, 9.17) is 40.6 Å². The fourth-order valence-corrected chi connectivity index (χ4v) is 3.64. The summed E-state index contributed by atoms with van der Waals surface area (Å²) >= 11 is 19.3. The number of hydrogen-bond acceptors (Lipinski definition) is 5. The van der Waals surface area contributed by atoms with Gasteiger partial charge in [-0.2, -0.15) is 0 Å². The first-order chi connectivity index (χ1) is 13.0. The maximum Gasteiger partial charge on any atom is 0.225 e. The molecule has 6 nitrogen and oxygen atoms in total. The number of nitrogens with zero attached hydrogens (tertiary/aromatic N) is 3. The molecule has 3 N–H and O–H groups in total. The fourth-order valence-electron chi connectivity index (χ4n) is 2.23. The van der Waals surface area contributed by atoms with Gasteiger partial charge in [0.2, 0.25) is 11.1 Å². The molecular formula is C17H14Cl3N5OS. The summed E-state index contributed by atoms with van der Waals surface area (Å²) in [7, 11) is 0. The van der Waals surface area contributed by atoms with E-state index in [9.17, 15) is 4.79 Å². The average Bonchev–Trinajstić information content (AvgIpc) is 3.00. The third-order valence-electron chi connectivity index (χ3n) is 3.55. The molecule has 3 aromatic rings. The number of para-hydroxylation sites is 1. The molecule has 3 rings (SSSR count). The topological polar surface area (TPSA) is 85.8 Å². The Hall–Kier alpha value is -1.93. The van der Waals surface area contributed by atoms with Crippen LogP contribution in [0.25, 0.3) is 11.4 Å². The summed E-state index contributed by atoms with van der Waals surface area (Å²) in [5, 5.41) is 12.8. The minimum atomic E-state index is -0.210. The van der Waals surface area contributed by atoms with Crippen molar-refractivity contribution in [1.29, 1.82) is 0 Å². The number of halogens is 3. The van der Waals surface area contributed by atoms with Crippen LogP contribution in [0, 0.1) is 0 Å². The summed E-state index contributed by atoms with van der Waals surface area (Å²) in [5.41, 5.74) is 1.20. The number of nitrogens with two attached hydrogens (primary N) is 1. The molecule has 0 saturated heterocycles. The van der Waals surface area contributed by atoms with Crippen molar-refractivity contribution in [2.24, 2.45) is 0 Å². The number of amides is 1. The number of thioether (sulfide) groups is 1. The molecule has 1 amide bonds. The van der Waals surface area contributed by atoms with E-state index < -0.39 is 0 Å². The van der Waals surface area contributed by atoms with Gasteiger partial charge in [0.25, 0.3) is 0 Å². The lowest BCUT2D eigenvalue weighted by Gasteiger charge is -2.09. The summed E-state index contributed by atoms with van der Waals surface area (Å²) in [4.78, 5) is 12.1. The summed E-state index contributed by atoms with van der Waals surface area (Å²) in [6.07, 6.45) is 0.232. The first kappa shape index (κ1) is 19.8. The first-order valence-corrected chi connectivity index (χ1v) is 9.90. The zero-order chi connectivity index (χ0) is 19.4. The van der Waals surface area contributed by atoms with Gasteiger partial charge in [-0.25, -0.2) is 4.68 Å². The van der Waals surface area contributed by atoms with Crippen LogP contribution < -0.4 is 11.2 Å². The highest BCUT2D eigenvalue weighted by atomic mass is 35.5. The van der Waals surface area contributed by atoms with Gasteiger partial charge >= 0.3 is 0 Å². The van der Waals surface area contributed by atoms with Gasteiger partial charge in [0, 0.05) is 22.8 Å². The van der Waals surface area contributed by atoms with E-state index in [-0.39, 0.29) is 12.3 Å². The number of carbonyl (C=O) groups is 1. The summed E-state index contributed by atoms with van der Waals surface area (Å²) < 4.78 is 1.39. The van der Waals surface area contributed by atoms with Crippen molar-refractivity contribution in [3.63, 3.8) is 0 Å². The Kier molecular flexibility index (Phi) is 6.49. The highest BCUT2D eigenvalue weighted by Gasteiger charge is 2.14. The Morgan fingerprint density at radius 2 is 1.74 bits per heavy atom. The minimum absolute atomic E-state index is 0.210. The lowest BCUT2D eigenvalue weighted by Crippen LogP contribution is -2.14. The fraction of sp³-hybridized carbons (Fsp3) is 0.118. The number of nitrogen functional groups attached to an aromatic ring is 1. The van der Waals surface area contributed by atoms with Gasteiger partial charge in [-0.15, -0.1) is 10.2 Å². The zero-order valence-corrected chi connectivity index (χ0v) is 16.9. The van der Waals surface area contributed by atoms with E-state index in [0.29, 0.717) is 37.5 Å². The number of hydrogen-bond donors (Lipinski definition) is 2. The second kappa shape index (κ2) is 8.84. The zero-order valence-electron chi connectivity index (χ0n) is 13.8. The largest absolute Gasteiger partial charge is 0.335 e. The van der Waals surface area contributed by atoms with E-state index in [2.05, 4.69) is 15.5 Å². The summed E-state index contributed by atoms with van der Waals surface area (Å²) in [5.74, 6) is 6.82. The first-order valence-electron chi connectivity index (χ1n) is 7.79. The SMILES string of the molecule is Nn1c(SCCC(=O)Nc2c(Cl)cccc2Cl)nnc1-c1ccc(Cl)cc1. The van der Waals surface area contributed by atoms with Crippen LogP contribution in [0.4, 0.5) is 5.69 Å². The molecule has 0 aliphatic carbocycles. The Labute approximate surface area is 175 Å². The van der Waals surface area contributed by atoms with Crippen molar-refractivity contribution < 1.29 is 4.79 Å². The minimum Gasteiger partial charge on any atom is -0.335 e. The second-order valence-corrected chi connectivity index (χ2v) is 7.74. The van der Waals surface area contributed by atoms with Gasteiger partial charge in [0.05, 0.1) is 15.7 Å². The van der Waals surface area contributed by atoms with Crippen molar-refractivity contribution >= 4 is 58.2 Å². The quantitative estimate of drug-likeness (QED) is 0.425. The molecule has 1 heterocycles. The number of aromatic nitrogens is 3. The van der Waals surface area contributed by atoms with E-state index in [1.165, 1.54) is 16.4 Å². The van der Waals surface area contributed by atoms with Crippen molar-refractivity contribution in [3.05, 3.63) is 57.5 Å². The Bertz CT molecular complexity index is 941. The molecule has 0 aliphatic rings. The molecular weight excluding hydrogens is 429 g/mol. The molecule has 140 valence electrons. The van der Waals surface area contributed by atoms with E-state index >= 15 is 0 Å². The Morgan fingerprint density at radius 1 is 1.07 bits per heavy atom.